The van der Waals surface area contributed by atoms with Gasteiger partial charge in [-0.2, -0.15) is 0 Å². The van der Waals surface area contributed by atoms with E-state index in [0.717, 1.165) is 16.8 Å². The molecule has 0 heterocycles. The molecule has 1 nitrogen and oxygen atoms in total. The Morgan fingerprint density at radius 3 is 1.73 bits per heavy atom. The van der Waals surface area contributed by atoms with E-state index in [2.05, 4.69) is 67.2 Å². The summed E-state index contributed by atoms with van der Waals surface area (Å²) < 4.78 is 0. The molecular formula is C21H31N. The van der Waals surface area contributed by atoms with Crippen LogP contribution in [0.15, 0.2) is 54.1 Å². The second-order valence-electron chi connectivity index (χ2n) is 7.91. The first-order valence-corrected chi connectivity index (χ1v) is 7.91. The Morgan fingerprint density at radius 1 is 0.909 bits per heavy atom. The van der Waals surface area contributed by atoms with E-state index in [4.69, 9.17) is 5.73 Å². The summed E-state index contributed by atoms with van der Waals surface area (Å²) in [6.07, 6.45) is 4.46. The maximum Gasteiger partial charge on any atom is 0.0314 e. The van der Waals surface area contributed by atoms with E-state index in [1.165, 1.54) is 11.1 Å². The molecule has 0 radical (unpaired) electrons. The maximum atomic E-state index is 5.77. The summed E-state index contributed by atoms with van der Waals surface area (Å²) in [6.45, 7) is 19.9. The van der Waals surface area contributed by atoms with Crippen LogP contribution < -0.4 is 5.73 Å². The number of nitrogen functional groups attached to an aromatic ring is 1. The number of hydrogen-bond donors (Lipinski definition) is 1. The number of benzene rings is 1. The Kier molecular flexibility index (Phi) is 5.45. The molecule has 0 aromatic heterocycles. The van der Waals surface area contributed by atoms with Crippen LogP contribution in [-0.4, -0.2) is 0 Å². The summed E-state index contributed by atoms with van der Waals surface area (Å²) in [6, 6.07) is 7.90. The molecule has 0 aliphatic rings. The Balaban J connectivity index is 3.34. The van der Waals surface area contributed by atoms with Gasteiger partial charge in [-0.15, -0.1) is 0 Å². The lowest BCUT2D eigenvalue weighted by Gasteiger charge is -2.33. The molecular weight excluding hydrogens is 266 g/mol. The molecule has 0 bridgehead atoms. The van der Waals surface area contributed by atoms with Gasteiger partial charge in [-0.05, 0) is 52.2 Å². The highest BCUT2D eigenvalue weighted by Gasteiger charge is 2.27. The lowest BCUT2D eigenvalue weighted by atomic mass is 9.71. The largest absolute Gasteiger partial charge is 0.399 e. The molecule has 120 valence electrons. The van der Waals surface area contributed by atoms with Gasteiger partial charge < -0.3 is 5.73 Å². The highest BCUT2D eigenvalue weighted by atomic mass is 14.5. The summed E-state index contributed by atoms with van der Waals surface area (Å²) in [4.78, 5) is 0. The van der Waals surface area contributed by atoms with Crippen LogP contribution in [0.25, 0.3) is 5.57 Å². The van der Waals surface area contributed by atoms with Gasteiger partial charge in [-0.3, -0.25) is 0 Å². The molecule has 2 N–H and O–H groups in total. The smallest absolute Gasteiger partial charge is 0.0314 e. The fraction of sp³-hybridized carbons (Fsp3) is 0.429. The van der Waals surface area contributed by atoms with Crippen molar-refractivity contribution in [2.24, 2.45) is 10.8 Å². The van der Waals surface area contributed by atoms with E-state index in [1.807, 2.05) is 24.3 Å². The van der Waals surface area contributed by atoms with Crippen LogP contribution in [0.1, 0.15) is 54.0 Å². The predicted octanol–water partition coefficient (Wildman–Crippen LogP) is 6.25. The van der Waals surface area contributed by atoms with Gasteiger partial charge in [0.2, 0.25) is 0 Å². The molecule has 0 aliphatic carbocycles. The van der Waals surface area contributed by atoms with Crippen molar-refractivity contribution in [3.05, 3.63) is 59.7 Å². The Bertz CT molecular complexity index is 584. The third-order valence-electron chi connectivity index (χ3n) is 3.79. The Hall–Kier alpha value is -1.76. The van der Waals surface area contributed by atoms with Crippen molar-refractivity contribution in [1.29, 1.82) is 0 Å². The summed E-state index contributed by atoms with van der Waals surface area (Å²) in [5, 5.41) is 0. The van der Waals surface area contributed by atoms with Crippen molar-refractivity contribution in [2.75, 3.05) is 5.73 Å². The Labute approximate surface area is 136 Å². The molecule has 1 heteroatoms. The third kappa shape index (κ3) is 4.62. The van der Waals surface area contributed by atoms with E-state index in [0.29, 0.717) is 0 Å². The number of nitrogens with two attached hydrogens (primary N) is 1. The van der Waals surface area contributed by atoms with Crippen molar-refractivity contribution < 1.29 is 0 Å². The van der Waals surface area contributed by atoms with Gasteiger partial charge in [0.05, 0.1) is 0 Å². The van der Waals surface area contributed by atoms with Crippen LogP contribution in [0.4, 0.5) is 5.69 Å². The number of allylic oxidation sites excluding steroid dienone is 5. The average molecular weight is 297 g/mol. The van der Waals surface area contributed by atoms with Gasteiger partial charge in [0, 0.05) is 5.69 Å². The summed E-state index contributed by atoms with van der Waals surface area (Å²) in [5.74, 6) is 0. The SMILES string of the molecule is C=C(/C=C(\C(=C/C)C(C)(C)C)C(C)(C)C)c1ccc(N)cc1. The lowest BCUT2D eigenvalue weighted by Crippen LogP contribution is -2.20. The molecule has 1 aromatic carbocycles. The second kappa shape index (κ2) is 6.56. The first-order chi connectivity index (χ1) is 9.96. The normalized spacial score (nSPS) is 14.1. The van der Waals surface area contributed by atoms with Gasteiger partial charge in [0.25, 0.3) is 0 Å². The van der Waals surface area contributed by atoms with Gasteiger partial charge in [-0.1, -0.05) is 72.4 Å². The lowest BCUT2D eigenvalue weighted by molar-refractivity contribution is 0.445. The van der Waals surface area contributed by atoms with Crippen molar-refractivity contribution in [1.82, 2.24) is 0 Å². The fourth-order valence-corrected chi connectivity index (χ4v) is 2.65. The van der Waals surface area contributed by atoms with Crippen LogP contribution >= 0.6 is 0 Å². The van der Waals surface area contributed by atoms with E-state index >= 15 is 0 Å². The standard InChI is InChI=1S/C21H31N/c1-9-18(20(3,4)5)19(21(6,7)8)14-15(2)16-10-12-17(22)13-11-16/h9-14H,2,22H2,1,3-8H3/b18-9+,19-14+. The zero-order chi connectivity index (χ0) is 17.1. The molecule has 1 aromatic rings. The van der Waals surface area contributed by atoms with Gasteiger partial charge in [0.15, 0.2) is 0 Å². The number of rotatable bonds is 3. The van der Waals surface area contributed by atoms with Crippen LogP contribution in [0, 0.1) is 10.8 Å². The molecule has 0 spiro atoms. The highest BCUT2D eigenvalue weighted by Crippen LogP contribution is 2.41. The average Bonchev–Trinajstić information content (AvgIpc) is 2.36. The first kappa shape index (κ1) is 18.3. The topological polar surface area (TPSA) is 26.0 Å². The molecule has 0 saturated carbocycles. The van der Waals surface area contributed by atoms with Crippen LogP contribution in [0.5, 0.6) is 0 Å². The minimum Gasteiger partial charge on any atom is -0.399 e. The first-order valence-electron chi connectivity index (χ1n) is 7.91. The van der Waals surface area contributed by atoms with Gasteiger partial charge in [0.1, 0.15) is 0 Å². The molecule has 0 aliphatic heterocycles. The minimum absolute atomic E-state index is 0.0614. The highest BCUT2D eigenvalue weighted by molar-refractivity contribution is 5.75. The minimum atomic E-state index is 0.0614. The number of anilines is 1. The zero-order valence-electron chi connectivity index (χ0n) is 15.2. The fourth-order valence-electron chi connectivity index (χ4n) is 2.65. The van der Waals surface area contributed by atoms with Crippen LogP contribution in [-0.2, 0) is 0 Å². The quantitative estimate of drug-likeness (QED) is 0.518. The third-order valence-corrected chi connectivity index (χ3v) is 3.79. The number of hydrogen-bond acceptors (Lipinski definition) is 1. The van der Waals surface area contributed by atoms with Crippen LogP contribution in [0.3, 0.4) is 0 Å². The Morgan fingerprint density at radius 2 is 1.36 bits per heavy atom. The molecule has 0 atom stereocenters. The van der Waals surface area contributed by atoms with Gasteiger partial charge >= 0.3 is 0 Å². The summed E-state index contributed by atoms with van der Waals surface area (Å²) in [7, 11) is 0. The second-order valence-corrected chi connectivity index (χ2v) is 7.91. The van der Waals surface area contributed by atoms with E-state index < -0.39 is 0 Å². The molecule has 1 rings (SSSR count). The maximum absolute atomic E-state index is 5.77. The monoisotopic (exact) mass is 297 g/mol. The van der Waals surface area contributed by atoms with E-state index in [-0.39, 0.29) is 10.8 Å². The van der Waals surface area contributed by atoms with Crippen LogP contribution in [0.2, 0.25) is 0 Å². The zero-order valence-corrected chi connectivity index (χ0v) is 15.2. The molecule has 0 saturated heterocycles. The molecule has 0 unspecified atom stereocenters. The van der Waals surface area contributed by atoms with Crippen molar-refractivity contribution in [3.8, 4) is 0 Å². The summed E-state index contributed by atoms with van der Waals surface area (Å²) >= 11 is 0. The van der Waals surface area contributed by atoms with Crippen molar-refractivity contribution in [2.45, 2.75) is 48.5 Å². The van der Waals surface area contributed by atoms with Crippen molar-refractivity contribution >= 4 is 11.3 Å². The van der Waals surface area contributed by atoms with Gasteiger partial charge in [-0.25, -0.2) is 0 Å². The summed E-state index contributed by atoms with van der Waals surface area (Å²) in [5.41, 5.74) is 11.6. The van der Waals surface area contributed by atoms with Crippen molar-refractivity contribution in [3.63, 3.8) is 0 Å². The predicted molar refractivity (Wildman–Crippen MR) is 101 cm³/mol. The molecule has 22 heavy (non-hydrogen) atoms. The van der Waals surface area contributed by atoms with E-state index in [9.17, 15) is 0 Å². The van der Waals surface area contributed by atoms with E-state index in [1.54, 1.807) is 0 Å². The molecule has 0 amide bonds. The molecule has 0 fully saturated rings.